The fourth-order valence-corrected chi connectivity index (χ4v) is 3.38. The lowest BCUT2D eigenvalue weighted by molar-refractivity contribution is 0.180. The van der Waals surface area contributed by atoms with Crippen LogP contribution >= 0.6 is 11.3 Å². The number of nitrogens with one attached hydrogen (secondary N) is 2. The first-order valence-electron chi connectivity index (χ1n) is 9.03. The Bertz CT molecular complexity index is 719. The van der Waals surface area contributed by atoms with Crippen LogP contribution in [-0.4, -0.2) is 44.9 Å². The van der Waals surface area contributed by atoms with E-state index in [1.807, 2.05) is 13.0 Å². The molecule has 2 atom stereocenters. The molecule has 148 valence electrons. The standard InChI is InChI=1S/C20H29N3O3S/c1-5-21-20(22-11-14(2)16-8-9-27-13-16)23-12-17(24)15-6-7-18(25-3)19(10-15)26-4/h6-10,13-14,17,24H,5,11-12H2,1-4H3,(H2,21,22,23). The summed E-state index contributed by atoms with van der Waals surface area (Å²) in [6, 6.07) is 7.54. The second-order valence-electron chi connectivity index (χ2n) is 6.19. The zero-order valence-corrected chi connectivity index (χ0v) is 17.2. The Labute approximate surface area is 165 Å². The van der Waals surface area contributed by atoms with Crippen LogP contribution in [0, 0.1) is 0 Å². The summed E-state index contributed by atoms with van der Waals surface area (Å²) < 4.78 is 10.5. The van der Waals surface area contributed by atoms with Crippen molar-refractivity contribution in [3.8, 4) is 11.5 Å². The van der Waals surface area contributed by atoms with Crippen molar-refractivity contribution in [2.75, 3.05) is 33.9 Å². The second-order valence-corrected chi connectivity index (χ2v) is 6.97. The Morgan fingerprint density at radius 1 is 1.15 bits per heavy atom. The van der Waals surface area contributed by atoms with Crippen LogP contribution in [0.25, 0.3) is 0 Å². The summed E-state index contributed by atoms with van der Waals surface area (Å²) in [7, 11) is 3.17. The van der Waals surface area contributed by atoms with Crippen molar-refractivity contribution < 1.29 is 14.6 Å². The van der Waals surface area contributed by atoms with Crippen LogP contribution in [0.5, 0.6) is 11.5 Å². The van der Waals surface area contributed by atoms with Gasteiger partial charge in [0.15, 0.2) is 17.5 Å². The molecule has 2 aromatic rings. The summed E-state index contributed by atoms with van der Waals surface area (Å²) in [6.07, 6.45) is -0.692. The number of thiophene rings is 1. The van der Waals surface area contributed by atoms with Gasteiger partial charge in [0.2, 0.25) is 0 Å². The van der Waals surface area contributed by atoms with Gasteiger partial charge < -0.3 is 25.2 Å². The molecule has 7 heteroatoms. The van der Waals surface area contributed by atoms with E-state index in [0.29, 0.717) is 36.5 Å². The number of aliphatic imine (C=N–C) groups is 1. The molecule has 6 nitrogen and oxygen atoms in total. The molecule has 0 bridgehead atoms. The molecule has 1 heterocycles. The second kappa shape index (κ2) is 10.8. The van der Waals surface area contributed by atoms with Crippen LogP contribution in [0.15, 0.2) is 40.0 Å². The largest absolute Gasteiger partial charge is 0.493 e. The molecule has 0 saturated carbocycles. The van der Waals surface area contributed by atoms with Crippen molar-refractivity contribution in [2.45, 2.75) is 25.9 Å². The summed E-state index contributed by atoms with van der Waals surface area (Å²) in [5, 5.41) is 21.2. The average Bonchev–Trinajstić information content (AvgIpc) is 3.23. The average molecular weight is 392 g/mol. The number of guanidine groups is 1. The van der Waals surface area contributed by atoms with E-state index in [1.54, 1.807) is 37.7 Å². The van der Waals surface area contributed by atoms with Crippen molar-refractivity contribution in [1.29, 1.82) is 0 Å². The maximum Gasteiger partial charge on any atom is 0.191 e. The molecule has 0 aliphatic rings. The first kappa shape index (κ1) is 21.1. The van der Waals surface area contributed by atoms with Gasteiger partial charge in [-0.05, 0) is 47.0 Å². The fourth-order valence-electron chi connectivity index (χ4n) is 2.60. The smallest absolute Gasteiger partial charge is 0.191 e. The lowest BCUT2D eigenvalue weighted by atomic mass is 10.1. The van der Waals surface area contributed by atoms with Gasteiger partial charge in [-0.3, -0.25) is 4.99 Å². The molecule has 0 aliphatic heterocycles. The molecule has 0 saturated heterocycles. The van der Waals surface area contributed by atoms with Gasteiger partial charge in [0.1, 0.15) is 0 Å². The summed E-state index contributed by atoms with van der Waals surface area (Å²) >= 11 is 1.70. The molecule has 0 aliphatic carbocycles. The maximum absolute atomic E-state index is 10.5. The molecule has 0 amide bonds. The van der Waals surface area contributed by atoms with Gasteiger partial charge in [0.05, 0.1) is 20.3 Å². The van der Waals surface area contributed by atoms with Crippen LogP contribution in [0.2, 0.25) is 0 Å². The third-order valence-corrected chi connectivity index (χ3v) is 4.94. The summed E-state index contributed by atoms with van der Waals surface area (Å²) in [5.74, 6) is 2.28. The van der Waals surface area contributed by atoms with E-state index >= 15 is 0 Å². The highest BCUT2D eigenvalue weighted by Gasteiger charge is 2.13. The highest BCUT2D eigenvalue weighted by molar-refractivity contribution is 7.07. The number of rotatable bonds is 9. The number of benzene rings is 1. The van der Waals surface area contributed by atoms with E-state index < -0.39 is 6.10 Å². The van der Waals surface area contributed by atoms with E-state index in [-0.39, 0.29) is 0 Å². The molecular formula is C20H29N3O3S. The van der Waals surface area contributed by atoms with E-state index in [1.165, 1.54) is 5.56 Å². The van der Waals surface area contributed by atoms with Crippen LogP contribution in [0.3, 0.4) is 0 Å². The monoisotopic (exact) mass is 391 g/mol. The molecule has 1 aromatic carbocycles. The topological polar surface area (TPSA) is 75.1 Å². The molecule has 27 heavy (non-hydrogen) atoms. The van der Waals surface area contributed by atoms with Gasteiger partial charge in [0, 0.05) is 25.6 Å². The van der Waals surface area contributed by atoms with Crippen molar-refractivity contribution in [1.82, 2.24) is 10.6 Å². The van der Waals surface area contributed by atoms with Gasteiger partial charge in [-0.2, -0.15) is 11.3 Å². The Balaban J connectivity index is 1.97. The quantitative estimate of drug-likeness (QED) is 0.452. The number of hydrogen-bond acceptors (Lipinski definition) is 5. The Morgan fingerprint density at radius 3 is 2.56 bits per heavy atom. The first-order chi connectivity index (χ1) is 13.1. The van der Waals surface area contributed by atoms with E-state index in [4.69, 9.17) is 9.47 Å². The van der Waals surface area contributed by atoms with Gasteiger partial charge >= 0.3 is 0 Å². The number of aliphatic hydroxyl groups is 1. The predicted molar refractivity (Wildman–Crippen MR) is 111 cm³/mol. The van der Waals surface area contributed by atoms with Crippen LogP contribution in [-0.2, 0) is 0 Å². The molecule has 1 aromatic heterocycles. The highest BCUT2D eigenvalue weighted by atomic mass is 32.1. The van der Waals surface area contributed by atoms with Crippen LogP contribution in [0.1, 0.15) is 37.0 Å². The zero-order valence-electron chi connectivity index (χ0n) is 16.4. The molecule has 0 radical (unpaired) electrons. The van der Waals surface area contributed by atoms with Crippen molar-refractivity contribution in [3.63, 3.8) is 0 Å². The molecule has 0 spiro atoms. The van der Waals surface area contributed by atoms with Crippen LogP contribution < -0.4 is 20.1 Å². The van der Waals surface area contributed by atoms with Gasteiger partial charge in [0.25, 0.3) is 0 Å². The van der Waals surface area contributed by atoms with E-state index in [0.717, 1.165) is 12.1 Å². The number of methoxy groups -OCH3 is 2. The van der Waals surface area contributed by atoms with Crippen molar-refractivity contribution in [2.24, 2.45) is 4.99 Å². The highest BCUT2D eigenvalue weighted by Crippen LogP contribution is 2.29. The third kappa shape index (κ3) is 6.15. The van der Waals surface area contributed by atoms with Crippen molar-refractivity contribution in [3.05, 3.63) is 46.2 Å². The van der Waals surface area contributed by atoms with Gasteiger partial charge in [-0.1, -0.05) is 13.0 Å². The Kier molecular flexibility index (Phi) is 8.42. The van der Waals surface area contributed by atoms with Gasteiger partial charge in [-0.15, -0.1) is 0 Å². The van der Waals surface area contributed by atoms with E-state index in [9.17, 15) is 5.11 Å². The molecule has 2 unspecified atom stereocenters. The first-order valence-corrected chi connectivity index (χ1v) is 9.97. The summed E-state index contributed by atoms with van der Waals surface area (Å²) in [5.41, 5.74) is 2.05. The minimum Gasteiger partial charge on any atom is -0.493 e. The minimum atomic E-state index is -0.692. The Hall–Kier alpha value is -2.25. The SMILES string of the molecule is CCNC(=NCC(C)c1ccsc1)NCC(O)c1ccc(OC)c(OC)c1. The lowest BCUT2D eigenvalue weighted by Crippen LogP contribution is -2.39. The molecule has 3 N–H and O–H groups in total. The number of nitrogens with zero attached hydrogens (tertiary/aromatic N) is 1. The third-order valence-electron chi connectivity index (χ3n) is 4.23. The molecule has 0 fully saturated rings. The lowest BCUT2D eigenvalue weighted by Gasteiger charge is -2.17. The van der Waals surface area contributed by atoms with E-state index in [2.05, 4.69) is 39.4 Å². The fraction of sp³-hybridized carbons (Fsp3) is 0.450. The molecular weight excluding hydrogens is 362 g/mol. The number of aliphatic hydroxyl groups excluding tert-OH is 1. The predicted octanol–water partition coefficient (Wildman–Crippen LogP) is 3.16. The minimum absolute atomic E-state index is 0.341. The van der Waals surface area contributed by atoms with Crippen LogP contribution in [0.4, 0.5) is 0 Å². The van der Waals surface area contributed by atoms with Crippen molar-refractivity contribution >= 4 is 17.3 Å². The maximum atomic E-state index is 10.5. The zero-order chi connectivity index (χ0) is 19.6. The number of hydrogen-bond donors (Lipinski definition) is 3. The number of ether oxygens (including phenoxy) is 2. The molecule has 2 rings (SSSR count). The van der Waals surface area contributed by atoms with Gasteiger partial charge in [-0.25, -0.2) is 0 Å². The summed E-state index contributed by atoms with van der Waals surface area (Å²) in [4.78, 5) is 4.64. The Morgan fingerprint density at radius 2 is 1.93 bits per heavy atom. The normalized spacial score (nSPS) is 13.7. The summed E-state index contributed by atoms with van der Waals surface area (Å²) in [6.45, 7) is 5.95.